The summed E-state index contributed by atoms with van der Waals surface area (Å²) in [5.41, 5.74) is 5.14. The number of hydrogen-bond donors (Lipinski definition) is 1. The highest BCUT2D eigenvalue weighted by Crippen LogP contribution is 2.24. The molecule has 1 atom stereocenters. The molecule has 1 rings (SSSR count). The van der Waals surface area contributed by atoms with Crippen LogP contribution in [0.25, 0.3) is 0 Å². The van der Waals surface area contributed by atoms with Crippen molar-refractivity contribution in [1.29, 1.82) is 0 Å². The molecular formula is C13H26N2O. The molecule has 0 spiro atoms. The number of amides is 1. The Bertz CT molecular complexity index is 243. The van der Waals surface area contributed by atoms with Crippen LogP contribution in [0, 0.1) is 11.8 Å². The molecule has 0 saturated carbocycles. The van der Waals surface area contributed by atoms with Crippen molar-refractivity contribution in [2.75, 3.05) is 13.1 Å². The van der Waals surface area contributed by atoms with Crippen molar-refractivity contribution in [3.63, 3.8) is 0 Å². The fraction of sp³-hybridized carbons (Fsp3) is 0.923. The third-order valence-electron chi connectivity index (χ3n) is 3.16. The minimum absolute atomic E-state index is 0.0981. The number of hydrogen-bond acceptors (Lipinski definition) is 2. The summed E-state index contributed by atoms with van der Waals surface area (Å²) in [5.74, 6) is 1.48. The summed E-state index contributed by atoms with van der Waals surface area (Å²) in [5, 5.41) is 0. The lowest BCUT2D eigenvalue weighted by Gasteiger charge is -2.36. The van der Waals surface area contributed by atoms with Gasteiger partial charge in [-0.25, -0.2) is 0 Å². The molecule has 0 aliphatic carbocycles. The second-order valence-corrected chi connectivity index (χ2v) is 6.11. The predicted molar refractivity (Wildman–Crippen MR) is 67.0 cm³/mol. The number of piperidine rings is 1. The molecule has 3 heteroatoms. The monoisotopic (exact) mass is 226 g/mol. The summed E-state index contributed by atoms with van der Waals surface area (Å²) in [7, 11) is 0. The van der Waals surface area contributed by atoms with Gasteiger partial charge in [0.25, 0.3) is 0 Å². The summed E-state index contributed by atoms with van der Waals surface area (Å²) >= 11 is 0. The van der Waals surface area contributed by atoms with Crippen molar-refractivity contribution in [1.82, 2.24) is 4.90 Å². The van der Waals surface area contributed by atoms with Crippen LogP contribution in [0.5, 0.6) is 0 Å². The number of nitrogens with two attached hydrogens (primary N) is 1. The highest BCUT2D eigenvalue weighted by molar-refractivity contribution is 5.85. The first-order valence-electron chi connectivity index (χ1n) is 6.39. The van der Waals surface area contributed by atoms with Crippen LogP contribution >= 0.6 is 0 Å². The van der Waals surface area contributed by atoms with Crippen molar-refractivity contribution in [3.05, 3.63) is 0 Å². The lowest BCUT2D eigenvalue weighted by Crippen LogP contribution is -2.53. The van der Waals surface area contributed by atoms with E-state index in [9.17, 15) is 4.79 Å². The first-order valence-corrected chi connectivity index (χ1v) is 6.39. The molecule has 16 heavy (non-hydrogen) atoms. The zero-order valence-corrected chi connectivity index (χ0v) is 11.1. The number of rotatable bonds is 3. The molecule has 3 nitrogen and oxygen atoms in total. The van der Waals surface area contributed by atoms with Crippen molar-refractivity contribution < 1.29 is 4.79 Å². The van der Waals surface area contributed by atoms with Gasteiger partial charge in [0.05, 0.1) is 5.54 Å². The van der Waals surface area contributed by atoms with Crippen LogP contribution in [0.15, 0.2) is 0 Å². The molecule has 1 aliphatic rings. The number of likely N-dealkylation sites (tertiary alicyclic amines) is 1. The van der Waals surface area contributed by atoms with Crippen LogP contribution in [-0.2, 0) is 4.79 Å². The molecule has 0 aromatic heterocycles. The minimum Gasteiger partial charge on any atom is -0.341 e. The molecule has 1 amide bonds. The van der Waals surface area contributed by atoms with Gasteiger partial charge >= 0.3 is 0 Å². The van der Waals surface area contributed by atoms with Crippen LogP contribution < -0.4 is 5.73 Å². The van der Waals surface area contributed by atoms with Gasteiger partial charge in [-0.05, 0) is 44.9 Å². The fourth-order valence-electron chi connectivity index (χ4n) is 2.52. The van der Waals surface area contributed by atoms with Gasteiger partial charge in [0.2, 0.25) is 5.91 Å². The van der Waals surface area contributed by atoms with Gasteiger partial charge in [-0.3, -0.25) is 4.79 Å². The lowest BCUT2D eigenvalue weighted by atomic mass is 9.89. The fourth-order valence-corrected chi connectivity index (χ4v) is 2.52. The second-order valence-electron chi connectivity index (χ2n) is 6.11. The smallest absolute Gasteiger partial charge is 0.242 e. The maximum Gasteiger partial charge on any atom is 0.242 e. The maximum absolute atomic E-state index is 12.1. The molecule has 0 aromatic carbocycles. The maximum atomic E-state index is 12.1. The van der Waals surface area contributed by atoms with Crippen LogP contribution in [0.3, 0.4) is 0 Å². The summed E-state index contributed by atoms with van der Waals surface area (Å²) in [6.07, 6.45) is 3.60. The van der Waals surface area contributed by atoms with Gasteiger partial charge < -0.3 is 10.6 Å². The quantitative estimate of drug-likeness (QED) is 0.800. The molecule has 94 valence electrons. The molecule has 1 unspecified atom stereocenters. The number of nitrogens with zero attached hydrogens (tertiary/aromatic N) is 1. The van der Waals surface area contributed by atoms with E-state index in [-0.39, 0.29) is 5.91 Å². The third kappa shape index (κ3) is 3.78. The molecule has 0 radical (unpaired) electrons. The zero-order valence-electron chi connectivity index (χ0n) is 11.1. The standard InChI is InChI=1S/C13H26N2O/c1-10(2)8-11-6-5-7-15(9-11)12(16)13(3,4)14/h10-11H,5-9,14H2,1-4H3. The predicted octanol–water partition coefficient (Wildman–Crippen LogP) is 2.01. The van der Waals surface area contributed by atoms with E-state index in [2.05, 4.69) is 13.8 Å². The van der Waals surface area contributed by atoms with Crippen LogP contribution in [0.4, 0.5) is 0 Å². The molecular weight excluding hydrogens is 200 g/mol. The Morgan fingerprint density at radius 1 is 1.50 bits per heavy atom. The van der Waals surface area contributed by atoms with Gasteiger partial charge in [-0.2, -0.15) is 0 Å². The van der Waals surface area contributed by atoms with E-state index in [1.165, 1.54) is 12.8 Å². The first-order chi connectivity index (χ1) is 7.30. The molecule has 2 N–H and O–H groups in total. The summed E-state index contributed by atoms with van der Waals surface area (Å²) in [6.45, 7) is 9.86. The number of carbonyl (C=O) groups excluding carboxylic acids is 1. The van der Waals surface area contributed by atoms with Crippen molar-refractivity contribution in [2.45, 2.75) is 52.5 Å². The Labute approximate surface area is 99.4 Å². The van der Waals surface area contributed by atoms with Crippen molar-refractivity contribution in [2.24, 2.45) is 17.6 Å². The van der Waals surface area contributed by atoms with E-state index in [0.717, 1.165) is 19.5 Å². The highest BCUT2D eigenvalue weighted by atomic mass is 16.2. The zero-order chi connectivity index (χ0) is 12.3. The van der Waals surface area contributed by atoms with Crippen molar-refractivity contribution in [3.8, 4) is 0 Å². The van der Waals surface area contributed by atoms with E-state index >= 15 is 0 Å². The highest BCUT2D eigenvalue weighted by Gasteiger charge is 2.31. The van der Waals surface area contributed by atoms with E-state index in [1.54, 1.807) is 13.8 Å². The molecule has 1 heterocycles. The third-order valence-corrected chi connectivity index (χ3v) is 3.16. The average Bonchev–Trinajstić information content (AvgIpc) is 2.14. The van der Waals surface area contributed by atoms with E-state index < -0.39 is 5.54 Å². The normalized spacial score (nSPS) is 22.6. The van der Waals surface area contributed by atoms with Gasteiger partial charge in [-0.1, -0.05) is 13.8 Å². The summed E-state index contributed by atoms with van der Waals surface area (Å²) < 4.78 is 0. The largest absolute Gasteiger partial charge is 0.341 e. The Kier molecular flexibility index (Phi) is 4.36. The average molecular weight is 226 g/mol. The summed E-state index contributed by atoms with van der Waals surface area (Å²) in [6, 6.07) is 0. The van der Waals surface area contributed by atoms with Crippen LogP contribution in [-0.4, -0.2) is 29.4 Å². The van der Waals surface area contributed by atoms with Gasteiger partial charge in [0.15, 0.2) is 0 Å². The Morgan fingerprint density at radius 3 is 2.62 bits per heavy atom. The SMILES string of the molecule is CC(C)CC1CCCN(C(=O)C(C)(C)N)C1. The van der Waals surface area contributed by atoms with E-state index in [0.29, 0.717) is 11.8 Å². The lowest BCUT2D eigenvalue weighted by molar-refractivity contribution is -0.137. The number of carbonyl (C=O) groups is 1. The Hall–Kier alpha value is -0.570. The molecule has 1 fully saturated rings. The molecule has 1 aliphatic heterocycles. The molecule has 0 aromatic rings. The molecule has 1 saturated heterocycles. The van der Waals surface area contributed by atoms with Crippen LogP contribution in [0.1, 0.15) is 47.0 Å². The Balaban J connectivity index is 2.54. The van der Waals surface area contributed by atoms with E-state index in [1.807, 2.05) is 4.90 Å². The van der Waals surface area contributed by atoms with Gasteiger partial charge in [0.1, 0.15) is 0 Å². The van der Waals surface area contributed by atoms with Gasteiger partial charge in [0, 0.05) is 13.1 Å². The first kappa shape index (κ1) is 13.5. The van der Waals surface area contributed by atoms with Crippen LogP contribution in [0.2, 0.25) is 0 Å². The van der Waals surface area contributed by atoms with Gasteiger partial charge in [-0.15, -0.1) is 0 Å². The minimum atomic E-state index is -0.722. The summed E-state index contributed by atoms with van der Waals surface area (Å²) in [4.78, 5) is 14.0. The molecule has 0 bridgehead atoms. The van der Waals surface area contributed by atoms with Crippen molar-refractivity contribution >= 4 is 5.91 Å². The van der Waals surface area contributed by atoms with E-state index in [4.69, 9.17) is 5.73 Å². The second kappa shape index (κ2) is 5.17. The topological polar surface area (TPSA) is 46.3 Å². The Morgan fingerprint density at radius 2 is 2.12 bits per heavy atom.